The van der Waals surface area contributed by atoms with Crippen LogP contribution in [0.4, 0.5) is 39.8 Å². The number of nitrogens with zero attached hydrogens (tertiary/aromatic N) is 3. The monoisotopic (exact) mass is 798 g/mol. The third-order valence-corrected chi connectivity index (χ3v) is 8.47. The van der Waals surface area contributed by atoms with E-state index in [0.717, 1.165) is 56.5 Å². The van der Waals surface area contributed by atoms with Crippen LogP contribution in [-0.2, 0) is 20.4 Å². The van der Waals surface area contributed by atoms with Gasteiger partial charge in [-0.1, -0.05) is 97.1 Å². The van der Waals surface area contributed by atoms with Crippen molar-refractivity contribution in [2.24, 2.45) is 4.99 Å². The van der Waals surface area contributed by atoms with E-state index in [4.69, 9.17) is 0 Å². The first-order chi connectivity index (χ1) is 26.8. The van der Waals surface area contributed by atoms with Gasteiger partial charge in [-0.2, -0.15) is 29.8 Å². The minimum Gasteiger partial charge on any atom is -0.329 e. The van der Waals surface area contributed by atoms with Crippen molar-refractivity contribution in [3.63, 3.8) is 0 Å². The molecule has 0 saturated carbocycles. The quantitative estimate of drug-likeness (QED) is 0.0594. The van der Waals surface area contributed by atoms with Crippen molar-refractivity contribution in [2.75, 3.05) is 9.80 Å². The topological polar surface area (TPSA) is 18.8 Å². The predicted octanol–water partition coefficient (Wildman–Crippen LogP) is 13.5. The first kappa shape index (κ1) is 38.2. The second kappa shape index (κ2) is 20.0. The van der Waals surface area contributed by atoms with E-state index in [1.165, 1.54) is 0 Å². The maximum atomic E-state index is 4.55. The van der Waals surface area contributed by atoms with Gasteiger partial charge in [0.05, 0.1) is 5.69 Å². The summed E-state index contributed by atoms with van der Waals surface area (Å²) in [6.07, 6.45) is 7.17. The van der Waals surface area contributed by atoms with Gasteiger partial charge in [0, 0.05) is 43.2 Å². The van der Waals surface area contributed by atoms with Crippen LogP contribution in [0.1, 0.15) is 16.7 Å². The predicted molar refractivity (Wildman–Crippen MR) is 227 cm³/mol. The van der Waals surface area contributed by atoms with E-state index in [-0.39, 0.29) is 20.4 Å². The summed E-state index contributed by atoms with van der Waals surface area (Å²) in [5.74, 6) is 0. The molecule has 0 radical (unpaired) electrons. The smallest absolute Gasteiger partial charge is 0.0516 e. The fourth-order valence-corrected chi connectivity index (χ4v) is 5.94. The molecule has 0 aromatic heterocycles. The first-order valence-corrected chi connectivity index (χ1v) is 17.9. The molecule has 0 heterocycles. The molecule has 0 spiro atoms. The number of rotatable bonds is 10. The Morgan fingerprint density at radius 1 is 0.400 bits per heavy atom. The Balaban J connectivity index is 0.000000184. The average molecular weight is 799 g/mol. The molecular weight excluding hydrogens is 761 g/mol. The van der Waals surface area contributed by atoms with Crippen LogP contribution in [0.15, 0.2) is 223 Å². The van der Waals surface area contributed by atoms with Crippen LogP contribution in [0, 0.1) is 18.2 Å². The average Bonchev–Trinajstić information content (AvgIpc) is 3.25. The van der Waals surface area contributed by atoms with Crippen LogP contribution < -0.4 is 9.80 Å². The molecule has 8 aromatic rings. The van der Waals surface area contributed by atoms with Gasteiger partial charge in [-0.15, -0.1) is 60.2 Å². The van der Waals surface area contributed by atoms with Crippen LogP contribution >= 0.6 is 0 Å². The summed E-state index contributed by atoms with van der Waals surface area (Å²) in [6.45, 7) is 0. The molecule has 4 heteroatoms. The second-order valence-corrected chi connectivity index (χ2v) is 12.3. The van der Waals surface area contributed by atoms with Crippen molar-refractivity contribution >= 4 is 52.1 Å². The first-order valence-electron chi connectivity index (χ1n) is 17.9. The summed E-state index contributed by atoms with van der Waals surface area (Å²) in [5.41, 5.74) is 10.5. The molecule has 0 N–H and O–H groups in total. The Kier molecular flexibility index (Phi) is 13.9. The van der Waals surface area contributed by atoms with E-state index >= 15 is 0 Å². The minimum absolute atomic E-state index is 0. The van der Waals surface area contributed by atoms with Gasteiger partial charge in [0.25, 0.3) is 0 Å². The number of hydrogen-bond donors (Lipinski definition) is 0. The molecule has 0 aliphatic carbocycles. The third kappa shape index (κ3) is 10.8. The number of hydrogen-bond acceptors (Lipinski definition) is 3. The second-order valence-electron chi connectivity index (χ2n) is 12.3. The zero-order valence-electron chi connectivity index (χ0n) is 30.1. The van der Waals surface area contributed by atoms with Crippen molar-refractivity contribution < 1.29 is 20.4 Å². The Morgan fingerprint density at radius 2 is 0.764 bits per heavy atom. The zero-order valence-corrected chi connectivity index (χ0v) is 31.7. The summed E-state index contributed by atoms with van der Waals surface area (Å²) >= 11 is 0. The molecule has 0 amide bonds. The third-order valence-electron chi connectivity index (χ3n) is 8.47. The van der Waals surface area contributed by atoms with Gasteiger partial charge in [-0.25, -0.2) is 11.6 Å². The number of anilines is 6. The van der Waals surface area contributed by atoms with E-state index in [0.29, 0.717) is 0 Å². The minimum atomic E-state index is 0. The van der Waals surface area contributed by atoms with Crippen molar-refractivity contribution in [1.29, 1.82) is 0 Å². The van der Waals surface area contributed by atoms with E-state index in [9.17, 15) is 0 Å². The summed E-state index contributed by atoms with van der Waals surface area (Å²) in [6, 6.07) is 80.4. The van der Waals surface area contributed by atoms with Gasteiger partial charge in [-0.3, -0.25) is 0 Å². The van der Waals surface area contributed by atoms with Gasteiger partial charge in [0.2, 0.25) is 0 Å². The molecule has 55 heavy (non-hydrogen) atoms. The fraction of sp³-hybridized carbons (Fsp3) is 0. The van der Waals surface area contributed by atoms with Gasteiger partial charge in [0.1, 0.15) is 0 Å². The molecule has 0 unspecified atom stereocenters. The summed E-state index contributed by atoms with van der Waals surface area (Å²) in [4.78, 5) is 9.02. The van der Waals surface area contributed by atoms with Crippen molar-refractivity contribution in [3.05, 3.63) is 253 Å². The Bertz CT molecular complexity index is 2120. The summed E-state index contributed by atoms with van der Waals surface area (Å²) in [7, 11) is 0. The van der Waals surface area contributed by atoms with Gasteiger partial charge < -0.3 is 14.8 Å². The van der Waals surface area contributed by atoms with Crippen molar-refractivity contribution in [3.8, 4) is 0 Å². The fourth-order valence-electron chi connectivity index (χ4n) is 5.94. The normalized spacial score (nSPS) is 10.6. The number of benzene rings is 8. The Labute approximate surface area is 338 Å². The maximum absolute atomic E-state index is 4.55. The zero-order chi connectivity index (χ0) is 36.6. The molecular formula is C51H38N3Pd-3. The van der Waals surface area contributed by atoms with Gasteiger partial charge in [0.15, 0.2) is 0 Å². The number of para-hydroxylation sites is 5. The van der Waals surface area contributed by atoms with Crippen LogP contribution in [0.5, 0.6) is 0 Å². The molecule has 0 bridgehead atoms. The van der Waals surface area contributed by atoms with Crippen LogP contribution in [0.3, 0.4) is 0 Å². The van der Waals surface area contributed by atoms with Crippen LogP contribution in [0.25, 0.3) is 6.08 Å². The van der Waals surface area contributed by atoms with E-state index in [2.05, 4.69) is 154 Å². The molecule has 0 aliphatic rings. The molecule has 0 fully saturated rings. The Morgan fingerprint density at radius 3 is 1.20 bits per heavy atom. The maximum Gasteiger partial charge on any atom is 0.0516 e. The van der Waals surface area contributed by atoms with Crippen LogP contribution in [-0.4, -0.2) is 6.21 Å². The van der Waals surface area contributed by atoms with Crippen molar-refractivity contribution in [1.82, 2.24) is 0 Å². The SMILES string of the molecule is [C-](=Cc1[c-]ccc(N(c2ccccc2)c2ccccc2)c1)c1ccccc1.[Pd].[c-]1ccc(N(c2ccccc2)c2ccccc2)cc1C=Nc1ccccc1. The molecule has 8 aromatic carbocycles. The summed E-state index contributed by atoms with van der Waals surface area (Å²) < 4.78 is 0. The van der Waals surface area contributed by atoms with E-state index in [1.807, 2.05) is 109 Å². The molecule has 0 aliphatic heterocycles. The molecule has 0 atom stereocenters. The molecule has 8 rings (SSSR count). The molecule has 270 valence electrons. The van der Waals surface area contributed by atoms with Gasteiger partial charge >= 0.3 is 0 Å². The largest absolute Gasteiger partial charge is 0.329 e. The number of aliphatic imine (C=N–C) groups is 1. The summed E-state index contributed by atoms with van der Waals surface area (Å²) in [5, 5.41) is 0. The van der Waals surface area contributed by atoms with Gasteiger partial charge in [-0.05, 0) is 78.3 Å². The molecule has 3 nitrogen and oxygen atoms in total. The van der Waals surface area contributed by atoms with E-state index < -0.39 is 0 Å². The van der Waals surface area contributed by atoms with Crippen molar-refractivity contribution in [2.45, 2.75) is 0 Å². The van der Waals surface area contributed by atoms with E-state index in [1.54, 1.807) is 0 Å². The standard InChI is InChI=1S/C26H19N.C25H19N2.Pd/c1-4-11-22(12-5-1)19-20-23-13-10-18-26(21-23)27(24-14-6-2-7-15-24)25-16-8-3-9-17-25;1-4-12-22(13-5-1)26-20-21-11-10-18-25(19-21)27(23-14-6-2-7-15-23)24-16-8-3-9-17-24;/h1-12,14-18,20-21H;1-10,12-20H;/q-2;-1;. The Hall–Kier alpha value is -6.57. The van der Waals surface area contributed by atoms with Crippen LogP contribution in [0.2, 0.25) is 0 Å². The molecule has 0 saturated heterocycles.